The molecule has 1 amide bonds. The Balaban J connectivity index is 2.30. The molecule has 1 atom stereocenters. The molecule has 110 valence electrons. The van der Waals surface area contributed by atoms with E-state index < -0.39 is 9.05 Å². The zero-order valence-electron chi connectivity index (χ0n) is 11.0. The van der Waals surface area contributed by atoms with Crippen molar-refractivity contribution in [3.8, 4) is 0 Å². The van der Waals surface area contributed by atoms with E-state index >= 15 is 0 Å². The largest absolute Gasteiger partial charge is 0.338 e. The van der Waals surface area contributed by atoms with Crippen LogP contribution in [0.4, 0.5) is 0 Å². The van der Waals surface area contributed by atoms with Gasteiger partial charge in [0.2, 0.25) is 0 Å². The average molecular weight is 381 g/mol. The average Bonchev–Trinajstić information content (AvgIpc) is 2.86. The monoisotopic (exact) mass is 379 g/mol. The van der Waals surface area contributed by atoms with Crippen molar-refractivity contribution >= 4 is 41.6 Å². The second kappa shape index (κ2) is 6.03. The van der Waals surface area contributed by atoms with Crippen LogP contribution < -0.4 is 0 Å². The molecular formula is C13H15BrClNO3S. The predicted octanol–water partition coefficient (Wildman–Crippen LogP) is 3.25. The van der Waals surface area contributed by atoms with E-state index in [1.165, 1.54) is 18.2 Å². The number of halogens is 2. The maximum absolute atomic E-state index is 12.5. The fraction of sp³-hybridized carbons (Fsp3) is 0.462. The summed E-state index contributed by atoms with van der Waals surface area (Å²) in [5, 5.41) is 0. The summed E-state index contributed by atoms with van der Waals surface area (Å²) in [5.41, 5.74) is 0.337. The fourth-order valence-corrected chi connectivity index (χ4v) is 3.53. The van der Waals surface area contributed by atoms with E-state index in [-0.39, 0.29) is 10.8 Å². The second-order valence-electron chi connectivity index (χ2n) is 4.89. The molecule has 7 heteroatoms. The first-order valence-electron chi connectivity index (χ1n) is 6.36. The summed E-state index contributed by atoms with van der Waals surface area (Å²) < 4.78 is 23.3. The lowest BCUT2D eigenvalue weighted by molar-refractivity contribution is 0.0786. The van der Waals surface area contributed by atoms with Gasteiger partial charge in [-0.05, 0) is 46.5 Å². The molecule has 2 rings (SSSR count). The summed E-state index contributed by atoms with van der Waals surface area (Å²) in [6.07, 6.45) is 2.04. The molecule has 1 aliphatic rings. The molecule has 0 aromatic heterocycles. The first-order valence-corrected chi connectivity index (χ1v) is 9.46. The SMILES string of the molecule is CCC1CCN(C(=O)c2cc(S(=O)(=O)Cl)ccc2Br)C1. The fourth-order valence-electron chi connectivity index (χ4n) is 2.34. The van der Waals surface area contributed by atoms with Gasteiger partial charge in [-0.2, -0.15) is 0 Å². The van der Waals surface area contributed by atoms with Gasteiger partial charge in [0.05, 0.1) is 10.5 Å². The smallest absolute Gasteiger partial charge is 0.261 e. The van der Waals surface area contributed by atoms with Crippen LogP contribution in [-0.4, -0.2) is 32.3 Å². The highest BCUT2D eigenvalue weighted by molar-refractivity contribution is 9.10. The second-order valence-corrected chi connectivity index (χ2v) is 8.31. The number of rotatable bonds is 3. The maximum Gasteiger partial charge on any atom is 0.261 e. The number of likely N-dealkylation sites (tertiary alicyclic amines) is 1. The van der Waals surface area contributed by atoms with Gasteiger partial charge in [-0.1, -0.05) is 13.3 Å². The number of nitrogens with zero attached hydrogens (tertiary/aromatic N) is 1. The molecule has 20 heavy (non-hydrogen) atoms. The molecule has 0 radical (unpaired) electrons. The lowest BCUT2D eigenvalue weighted by Crippen LogP contribution is -2.29. The van der Waals surface area contributed by atoms with Crippen molar-refractivity contribution in [2.24, 2.45) is 5.92 Å². The molecule has 1 saturated heterocycles. The Morgan fingerprint density at radius 3 is 2.75 bits per heavy atom. The van der Waals surface area contributed by atoms with Gasteiger partial charge in [0.15, 0.2) is 0 Å². The molecule has 1 heterocycles. The van der Waals surface area contributed by atoms with Crippen LogP contribution in [0.2, 0.25) is 0 Å². The topological polar surface area (TPSA) is 54.5 Å². The van der Waals surface area contributed by atoms with Gasteiger partial charge >= 0.3 is 0 Å². The predicted molar refractivity (Wildman–Crippen MR) is 81.5 cm³/mol. The van der Waals surface area contributed by atoms with Gasteiger partial charge in [-0.15, -0.1) is 0 Å². The van der Waals surface area contributed by atoms with E-state index in [0.717, 1.165) is 19.4 Å². The van der Waals surface area contributed by atoms with Crippen LogP contribution in [0, 0.1) is 5.92 Å². The summed E-state index contributed by atoms with van der Waals surface area (Å²) in [6.45, 7) is 3.54. The Bertz CT molecular complexity index is 633. The van der Waals surface area contributed by atoms with E-state index in [9.17, 15) is 13.2 Å². The lowest BCUT2D eigenvalue weighted by Gasteiger charge is -2.17. The molecule has 1 aliphatic heterocycles. The first-order chi connectivity index (χ1) is 9.32. The van der Waals surface area contributed by atoms with Crippen LogP contribution in [0.5, 0.6) is 0 Å². The molecule has 1 unspecified atom stereocenters. The van der Waals surface area contributed by atoms with Crippen molar-refractivity contribution in [1.82, 2.24) is 4.90 Å². The minimum Gasteiger partial charge on any atom is -0.338 e. The molecule has 0 N–H and O–H groups in total. The van der Waals surface area contributed by atoms with Crippen molar-refractivity contribution in [3.05, 3.63) is 28.2 Å². The Kier molecular flexibility index (Phi) is 4.76. The van der Waals surface area contributed by atoms with Crippen molar-refractivity contribution < 1.29 is 13.2 Å². The third-order valence-corrected chi connectivity index (χ3v) is 5.64. The molecule has 0 aliphatic carbocycles. The highest BCUT2D eigenvalue weighted by Crippen LogP contribution is 2.27. The van der Waals surface area contributed by atoms with Crippen LogP contribution in [0.1, 0.15) is 30.1 Å². The van der Waals surface area contributed by atoms with E-state index in [1.54, 1.807) is 4.90 Å². The quantitative estimate of drug-likeness (QED) is 0.756. The zero-order valence-corrected chi connectivity index (χ0v) is 14.1. The molecule has 0 bridgehead atoms. The molecule has 4 nitrogen and oxygen atoms in total. The minimum absolute atomic E-state index is 0.0584. The van der Waals surface area contributed by atoms with E-state index in [1.807, 2.05) is 0 Å². The third kappa shape index (κ3) is 3.35. The Morgan fingerprint density at radius 2 is 2.20 bits per heavy atom. The van der Waals surface area contributed by atoms with Crippen LogP contribution >= 0.6 is 26.6 Å². The van der Waals surface area contributed by atoms with Gasteiger partial charge in [0.1, 0.15) is 0 Å². The zero-order chi connectivity index (χ0) is 14.9. The third-order valence-electron chi connectivity index (χ3n) is 3.60. The number of benzene rings is 1. The van der Waals surface area contributed by atoms with Gasteiger partial charge in [-0.25, -0.2) is 8.42 Å². The summed E-state index contributed by atoms with van der Waals surface area (Å²) in [4.78, 5) is 14.2. The standard InChI is InChI=1S/C13H15BrClNO3S/c1-2-9-5-6-16(8-9)13(17)11-7-10(20(15,18)19)3-4-12(11)14/h3-4,7,9H,2,5-6,8H2,1H3. The minimum atomic E-state index is -3.83. The molecule has 1 fully saturated rings. The van der Waals surface area contributed by atoms with Gasteiger partial charge in [0.25, 0.3) is 15.0 Å². The van der Waals surface area contributed by atoms with Crippen LogP contribution in [0.15, 0.2) is 27.6 Å². The van der Waals surface area contributed by atoms with Crippen LogP contribution in [0.25, 0.3) is 0 Å². The first kappa shape index (κ1) is 15.8. The molecule has 1 aromatic carbocycles. The van der Waals surface area contributed by atoms with Gasteiger partial charge in [0, 0.05) is 28.2 Å². The summed E-state index contributed by atoms with van der Waals surface area (Å²) in [6, 6.07) is 4.24. The summed E-state index contributed by atoms with van der Waals surface area (Å²) in [5.74, 6) is 0.368. The van der Waals surface area contributed by atoms with Crippen LogP contribution in [0.3, 0.4) is 0 Å². The van der Waals surface area contributed by atoms with E-state index in [0.29, 0.717) is 22.5 Å². The Labute approximate surface area is 131 Å². The van der Waals surface area contributed by atoms with E-state index in [2.05, 4.69) is 22.9 Å². The molecular weight excluding hydrogens is 366 g/mol. The summed E-state index contributed by atoms with van der Waals surface area (Å²) in [7, 11) is 1.49. The van der Waals surface area contributed by atoms with E-state index in [4.69, 9.17) is 10.7 Å². The van der Waals surface area contributed by atoms with Gasteiger partial charge < -0.3 is 4.90 Å². The number of hydrogen-bond acceptors (Lipinski definition) is 3. The van der Waals surface area contributed by atoms with Gasteiger partial charge in [-0.3, -0.25) is 4.79 Å². The summed E-state index contributed by atoms with van der Waals surface area (Å²) >= 11 is 3.29. The highest BCUT2D eigenvalue weighted by atomic mass is 79.9. The molecule has 0 spiro atoms. The highest BCUT2D eigenvalue weighted by Gasteiger charge is 2.27. The van der Waals surface area contributed by atoms with Crippen LogP contribution in [-0.2, 0) is 9.05 Å². The number of carbonyl (C=O) groups is 1. The van der Waals surface area contributed by atoms with Crippen molar-refractivity contribution in [1.29, 1.82) is 0 Å². The number of hydrogen-bond donors (Lipinski definition) is 0. The Morgan fingerprint density at radius 1 is 1.50 bits per heavy atom. The van der Waals surface area contributed by atoms with Crippen molar-refractivity contribution in [2.75, 3.05) is 13.1 Å². The van der Waals surface area contributed by atoms with Crippen molar-refractivity contribution in [3.63, 3.8) is 0 Å². The Hall–Kier alpha value is -0.590. The number of carbonyl (C=O) groups excluding carboxylic acids is 1. The molecule has 1 aromatic rings. The lowest BCUT2D eigenvalue weighted by atomic mass is 10.1. The van der Waals surface area contributed by atoms with Crippen molar-refractivity contribution in [2.45, 2.75) is 24.7 Å². The normalized spacial score (nSPS) is 19.4. The maximum atomic E-state index is 12.5. The number of amides is 1. The molecule has 0 saturated carbocycles.